The molecule has 0 aliphatic carbocycles. The molecule has 0 spiro atoms. The van der Waals surface area contributed by atoms with Gasteiger partial charge in [-0.05, 0) is 43.3 Å². The Hall–Kier alpha value is -1.40. The Morgan fingerprint density at radius 1 is 1.50 bits per heavy atom. The second-order valence-electron chi connectivity index (χ2n) is 3.52. The summed E-state index contributed by atoms with van der Waals surface area (Å²) in [5, 5.41) is 8.36. The number of hydrogen-bond donors (Lipinski definition) is 2. The molecule has 1 atom stereocenters. The van der Waals surface area contributed by atoms with Crippen LogP contribution in [0, 0.1) is 6.92 Å². The summed E-state index contributed by atoms with van der Waals surface area (Å²) in [4.78, 5) is 8.45. The summed E-state index contributed by atoms with van der Waals surface area (Å²) in [5.74, 6) is 0.797. The van der Waals surface area contributed by atoms with Crippen molar-refractivity contribution < 1.29 is 0 Å². The maximum atomic E-state index is 5.81. The molecule has 0 aliphatic heterocycles. The maximum absolute atomic E-state index is 5.81. The molecule has 16 heavy (non-hydrogen) atoms. The molecule has 0 amide bonds. The molecule has 6 heteroatoms. The van der Waals surface area contributed by atoms with E-state index in [2.05, 4.69) is 20.2 Å². The fourth-order valence-corrected chi connectivity index (χ4v) is 1.99. The van der Waals surface area contributed by atoms with Gasteiger partial charge in [-0.2, -0.15) is 0 Å². The van der Waals surface area contributed by atoms with Crippen molar-refractivity contribution in [3.8, 4) is 0 Å². The standard InChI is InChI=1S/C10H13N5S/c1-6(11)8-3-4-12-9(5-8)16-10-13-7(2)14-15-10/h3-6H,11H2,1-2H3,(H,13,14,15)/t6-/m1/s1. The van der Waals surface area contributed by atoms with Crippen LogP contribution in [0.25, 0.3) is 0 Å². The topological polar surface area (TPSA) is 80.5 Å². The lowest BCUT2D eigenvalue weighted by Crippen LogP contribution is -2.04. The number of aryl methyl sites for hydroxylation is 1. The van der Waals surface area contributed by atoms with Crippen LogP contribution in [-0.2, 0) is 0 Å². The van der Waals surface area contributed by atoms with Crippen molar-refractivity contribution in [2.75, 3.05) is 0 Å². The van der Waals surface area contributed by atoms with Crippen LogP contribution in [0.4, 0.5) is 0 Å². The summed E-state index contributed by atoms with van der Waals surface area (Å²) in [6.07, 6.45) is 1.75. The van der Waals surface area contributed by atoms with Gasteiger partial charge in [-0.15, -0.1) is 5.10 Å². The molecule has 3 N–H and O–H groups in total. The van der Waals surface area contributed by atoms with E-state index in [4.69, 9.17) is 5.73 Å². The van der Waals surface area contributed by atoms with Crippen molar-refractivity contribution >= 4 is 11.8 Å². The number of H-pyrrole nitrogens is 1. The van der Waals surface area contributed by atoms with Crippen LogP contribution in [0.3, 0.4) is 0 Å². The largest absolute Gasteiger partial charge is 0.324 e. The molecular weight excluding hydrogens is 222 g/mol. The molecule has 2 aromatic rings. The predicted octanol–water partition coefficient (Wildman–Crippen LogP) is 1.68. The molecule has 84 valence electrons. The Morgan fingerprint density at radius 2 is 2.31 bits per heavy atom. The van der Waals surface area contributed by atoms with Gasteiger partial charge in [-0.25, -0.2) is 9.97 Å². The van der Waals surface area contributed by atoms with E-state index in [0.29, 0.717) is 5.16 Å². The Labute approximate surface area is 97.9 Å². The zero-order valence-electron chi connectivity index (χ0n) is 9.14. The van der Waals surface area contributed by atoms with Crippen LogP contribution in [0.2, 0.25) is 0 Å². The number of nitrogens with one attached hydrogen (secondary N) is 1. The number of nitrogens with zero attached hydrogens (tertiary/aromatic N) is 3. The van der Waals surface area contributed by atoms with E-state index in [1.165, 1.54) is 11.8 Å². The Bertz CT molecular complexity index is 480. The zero-order valence-corrected chi connectivity index (χ0v) is 9.95. The van der Waals surface area contributed by atoms with Gasteiger partial charge in [0.05, 0.1) is 0 Å². The second kappa shape index (κ2) is 4.63. The number of aromatic amines is 1. The highest BCUT2D eigenvalue weighted by molar-refractivity contribution is 7.99. The summed E-state index contributed by atoms with van der Waals surface area (Å²) in [6, 6.07) is 3.88. The summed E-state index contributed by atoms with van der Waals surface area (Å²) in [6.45, 7) is 3.81. The predicted molar refractivity (Wildman–Crippen MR) is 62.1 cm³/mol. The Balaban J connectivity index is 2.18. The van der Waals surface area contributed by atoms with Gasteiger partial charge in [0.1, 0.15) is 10.9 Å². The van der Waals surface area contributed by atoms with E-state index in [-0.39, 0.29) is 6.04 Å². The molecule has 0 saturated heterocycles. The van der Waals surface area contributed by atoms with Crippen molar-refractivity contribution in [3.63, 3.8) is 0 Å². The first-order valence-electron chi connectivity index (χ1n) is 4.93. The van der Waals surface area contributed by atoms with Crippen LogP contribution in [0.5, 0.6) is 0 Å². The van der Waals surface area contributed by atoms with E-state index < -0.39 is 0 Å². The van der Waals surface area contributed by atoms with Crippen LogP contribution in [0.1, 0.15) is 24.4 Å². The lowest BCUT2D eigenvalue weighted by molar-refractivity contribution is 0.808. The smallest absolute Gasteiger partial charge is 0.214 e. The zero-order chi connectivity index (χ0) is 11.5. The van der Waals surface area contributed by atoms with Crippen LogP contribution < -0.4 is 5.73 Å². The fourth-order valence-electron chi connectivity index (χ4n) is 1.23. The molecule has 0 aromatic carbocycles. The molecule has 2 heterocycles. The van der Waals surface area contributed by atoms with Crippen molar-refractivity contribution in [1.29, 1.82) is 0 Å². The second-order valence-corrected chi connectivity index (χ2v) is 4.51. The number of nitrogens with two attached hydrogens (primary N) is 1. The monoisotopic (exact) mass is 235 g/mol. The third-order valence-electron chi connectivity index (χ3n) is 2.06. The quantitative estimate of drug-likeness (QED) is 0.846. The van der Waals surface area contributed by atoms with Gasteiger partial charge < -0.3 is 5.73 Å². The van der Waals surface area contributed by atoms with Gasteiger partial charge in [0.25, 0.3) is 0 Å². The van der Waals surface area contributed by atoms with Crippen LogP contribution in [0.15, 0.2) is 28.5 Å². The number of hydrogen-bond acceptors (Lipinski definition) is 5. The SMILES string of the molecule is Cc1nc(Sc2cc([C@@H](C)N)ccn2)n[nH]1. The van der Waals surface area contributed by atoms with E-state index in [1.54, 1.807) is 6.20 Å². The van der Waals surface area contributed by atoms with E-state index in [1.807, 2.05) is 26.0 Å². The van der Waals surface area contributed by atoms with E-state index >= 15 is 0 Å². The Kier molecular flexibility index (Phi) is 3.21. The van der Waals surface area contributed by atoms with Crippen LogP contribution in [-0.4, -0.2) is 20.2 Å². The maximum Gasteiger partial charge on any atom is 0.214 e. The third-order valence-corrected chi connectivity index (χ3v) is 2.85. The Morgan fingerprint density at radius 3 is 2.94 bits per heavy atom. The van der Waals surface area contributed by atoms with Gasteiger partial charge in [0, 0.05) is 12.2 Å². The van der Waals surface area contributed by atoms with Gasteiger partial charge in [-0.1, -0.05) is 0 Å². The number of pyridine rings is 1. The van der Waals surface area contributed by atoms with Gasteiger partial charge in [0.15, 0.2) is 0 Å². The van der Waals surface area contributed by atoms with Gasteiger partial charge >= 0.3 is 0 Å². The average Bonchev–Trinajstić information content (AvgIpc) is 2.64. The molecule has 2 aromatic heterocycles. The van der Waals surface area contributed by atoms with Crippen LogP contribution >= 0.6 is 11.8 Å². The first-order chi connectivity index (χ1) is 7.65. The molecule has 5 nitrogen and oxygen atoms in total. The van der Waals surface area contributed by atoms with Gasteiger partial charge in [-0.3, -0.25) is 5.10 Å². The minimum Gasteiger partial charge on any atom is -0.324 e. The van der Waals surface area contributed by atoms with E-state index in [9.17, 15) is 0 Å². The molecule has 0 radical (unpaired) electrons. The first-order valence-corrected chi connectivity index (χ1v) is 5.75. The average molecular weight is 235 g/mol. The summed E-state index contributed by atoms with van der Waals surface area (Å²) < 4.78 is 0. The molecule has 2 rings (SSSR count). The molecular formula is C10H13N5S. The molecule has 0 aliphatic rings. The van der Waals surface area contributed by atoms with E-state index in [0.717, 1.165) is 16.4 Å². The highest BCUT2D eigenvalue weighted by Gasteiger charge is 2.06. The number of rotatable bonds is 3. The first kappa shape index (κ1) is 11.1. The third kappa shape index (κ3) is 2.59. The minimum atomic E-state index is 0.0104. The highest BCUT2D eigenvalue weighted by atomic mass is 32.2. The number of aromatic nitrogens is 4. The van der Waals surface area contributed by atoms with Gasteiger partial charge in [0.2, 0.25) is 5.16 Å². The summed E-state index contributed by atoms with van der Waals surface area (Å²) in [7, 11) is 0. The normalized spacial score (nSPS) is 12.7. The summed E-state index contributed by atoms with van der Waals surface area (Å²) in [5.41, 5.74) is 6.87. The highest BCUT2D eigenvalue weighted by Crippen LogP contribution is 2.24. The minimum absolute atomic E-state index is 0.0104. The molecule has 0 bridgehead atoms. The molecule has 0 unspecified atom stereocenters. The molecule has 0 fully saturated rings. The van der Waals surface area contributed by atoms with Crippen molar-refractivity contribution in [1.82, 2.24) is 20.2 Å². The lowest BCUT2D eigenvalue weighted by atomic mass is 10.1. The van der Waals surface area contributed by atoms with Crippen molar-refractivity contribution in [3.05, 3.63) is 29.7 Å². The van der Waals surface area contributed by atoms with Crippen molar-refractivity contribution in [2.45, 2.75) is 30.1 Å². The summed E-state index contributed by atoms with van der Waals surface area (Å²) >= 11 is 1.42. The molecule has 0 saturated carbocycles. The van der Waals surface area contributed by atoms with Crippen molar-refractivity contribution in [2.24, 2.45) is 5.73 Å². The lowest BCUT2D eigenvalue weighted by Gasteiger charge is -2.05. The fraction of sp³-hybridized carbons (Fsp3) is 0.300.